The van der Waals surface area contributed by atoms with Crippen LogP contribution in [0.3, 0.4) is 0 Å². The van der Waals surface area contributed by atoms with E-state index in [0.717, 1.165) is 17.9 Å². The van der Waals surface area contributed by atoms with Gasteiger partial charge in [0.2, 0.25) is 0 Å². The monoisotopic (exact) mass is 513 g/mol. The second kappa shape index (κ2) is 14.0. The summed E-state index contributed by atoms with van der Waals surface area (Å²) in [6.07, 6.45) is 1.79. The van der Waals surface area contributed by atoms with Crippen molar-refractivity contribution in [2.24, 2.45) is 4.99 Å². The smallest absolute Gasteiger partial charge is 0.191 e. The first-order chi connectivity index (χ1) is 12.3. The number of benzene rings is 1. The molecule has 1 atom stereocenters. The first-order valence-corrected chi connectivity index (χ1v) is 10.8. The lowest BCUT2D eigenvalue weighted by molar-refractivity contribution is 0.146. The Kier molecular flexibility index (Phi) is 13.4. The van der Waals surface area contributed by atoms with Crippen molar-refractivity contribution in [2.45, 2.75) is 32.9 Å². The van der Waals surface area contributed by atoms with Crippen LogP contribution in [0.5, 0.6) is 5.75 Å². The van der Waals surface area contributed by atoms with E-state index in [1.807, 2.05) is 38.1 Å². The van der Waals surface area contributed by atoms with E-state index in [2.05, 4.69) is 15.6 Å². The molecular weight excluding hydrogens is 481 g/mol. The number of nitrogens with one attached hydrogen (secondary N) is 2. The Morgan fingerprint density at radius 3 is 2.44 bits per heavy atom. The lowest BCUT2D eigenvalue weighted by Crippen LogP contribution is -2.42. The fourth-order valence-corrected chi connectivity index (χ4v) is 2.90. The average Bonchev–Trinajstić information content (AvgIpc) is 2.59. The minimum absolute atomic E-state index is 0. The molecule has 9 heteroatoms. The van der Waals surface area contributed by atoms with Crippen molar-refractivity contribution >= 4 is 39.8 Å². The number of hydrogen-bond acceptors (Lipinski definition) is 5. The summed E-state index contributed by atoms with van der Waals surface area (Å²) < 4.78 is 33.0. The fraction of sp³-hybridized carbons (Fsp3) is 0.611. The highest BCUT2D eigenvalue weighted by molar-refractivity contribution is 14.0. The lowest BCUT2D eigenvalue weighted by atomic mass is 10.2. The van der Waals surface area contributed by atoms with E-state index < -0.39 is 9.84 Å². The minimum Gasteiger partial charge on any atom is -0.491 e. The molecule has 7 nitrogen and oxygen atoms in total. The van der Waals surface area contributed by atoms with Crippen molar-refractivity contribution in [1.82, 2.24) is 10.6 Å². The Balaban J connectivity index is 0.00000676. The van der Waals surface area contributed by atoms with E-state index in [1.54, 1.807) is 7.11 Å². The van der Waals surface area contributed by atoms with Gasteiger partial charge in [0.1, 0.15) is 22.2 Å². The van der Waals surface area contributed by atoms with E-state index in [0.29, 0.717) is 32.1 Å². The molecule has 0 spiro atoms. The van der Waals surface area contributed by atoms with E-state index in [4.69, 9.17) is 9.47 Å². The predicted molar refractivity (Wildman–Crippen MR) is 121 cm³/mol. The Labute approximate surface area is 180 Å². The molecular formula is C18H32IN3O4S. The topological polar surface area (TPSA) is 89.0 Å². The van der Waals surface area contributed by atoms with Crippen molar-refractivity contribution in [3.8, 4) is 5.75 Å². The van der Waals surface area contributed by atoms with Crippen LogP contribution in [-0.4, -0.2) is 59.3 Å². The number of rotatable bonds is 11. The maximum Gasteiger partial charge on any atom is 0.191 e. The average molecular weight is 513 g/mol. The van der Waals surface area contributed by atoms with Crippen LogP contribution >= 0.6 is 24.0 Å². The van der Waals surface area contributed by atoms with Crippen LogP contribution in [0.4, 0.5) is 0 Å². The maximum atomic E-state index is 11.3. The maximum absolute atomic E-state index is 11.3. The van der Waals surface area contributed by atoms with Gasteiger partial charge in [0.25, 0.3) is 0 Å². The highest BCUT2D eigenvalue weighted by Crippen LogP contribution is 2.12. The van der Waals surface area contributed by atoms with Gasteiger partial charge in [0.05, 0.1) is 18.9 Å². The number of ether oxygens (including phenoxy) is 2. The number of methoxy groups -OCH3 is 1. The number of nitrogens with zero attached hydrogens (tertiary/aromatic N) is 1. The van der Waals surface area contributed by atoms with E-state index >= 15 is 0 Å². The molecule has 0 amide bonds. The number of aliphatic imine (C=N–C) groups is 1. The summed E-state index contributed by atoms with van der Waals surface area (Å²) in [5.41, 5.74) is 1.06. The molecule has 0 radical (unpaired) electrons. The zero-order valence-electron chi connectivity index (χ0n) is 16.5. The van der Waals surface area contributed by atoms with Crippen LogP contribution in [0.25, 0.3) is 0 Å². The van der Waals surface area contributed by atoms with Crippen LogP contribution in [0, 0.1) is 0 Å². The van der Waals surface area contributed by atoms with Gasteiger partial charge >= 0.3 is 0 Å². The van der Waals surface area contributed by atoms with Crippen LogP contribution in [0.2, 0.25) is 0 Å². The molecule has 0 fully saturated rings. The SMILES string of the molecule is CCNC(=NCc1ccc(OCCOC)cc1)NC(C)CCS(C)(=O)=O.I. The molecule has 156 valence electrons. The largest absolute Gasteiger partial charge is 0.491 e. The molecule has 1 aromatic carbocycles. The molecule has 1 unspecified atom stereocenters. The highest BCUT2D eigenvalue weighted by atomic mass is 127. The quantitative estimate of drug-likeness (QED) is 0.204. The van der Waals surface area contributed by atoms with Gasteiger partial charge in [0.15, 0.2) is 5.96 Å². The molecule has 0 aliphatic rings. The number of hydrogen-bond donors (Lipinski definition) is 2. The van der Waals surface area contributed by atoms with E-state index in [-0.39, 0.29) is 35.8 Å². The summed E-state index contributed by atoms with van der Waals surface area (Å²) in [7, 11) is -1.31. The molecule has 0 aliphatic carbocycles. The third-order valence-electron chi connectivity index (χ3n) is 3.55. The molecule has 0 aromatic heterocycles. The summed E-state index contributed by atoms with van der Waals surface area (Å²) in [5.74, 6) is 1.63. The van der Waals surface area contributed by atoms with Gasteiger partial charge in [-0.3, -0.25) is 0 Å². The molecule has 0 aliphatic heterocycles. The zero-order chi connectivity index (χ0) is 19.4. The zero-order valence-corrected chi connectivity index (χ0v) is 19.7. The van der Waals surface area contributed by atoms with Gasteiger partial charge in [-0.15, -0.1) is 24.0 Å². The molecule has 0 saturated heterocycles. The van der Waals surface area contributed by atoms with Crippen LogP contribution in [0.1, 0.15) is 25.8 Å². The first kappa shape index (κ1) is 25.9. The number of sulfone groups is 1. The molecule has 1 aromatic rings. The predicted octanol–water partition coefficient (Wildman–Crippen LogP) is 2.21. The highest BCUT2D eigenvalue weighted by Gasteiger charge is 2.09. The minimum atomic E-state index is -2.96. The van der Waals surface area contributed by atoms with Gasteiger partial charge < -0.3 is 20.1 Å². The second-order valence-corrected chi connectivity index (χ2v) is 8.40. The van der Waals surface area contributed by atoms with Crippen molar-refractivity contribution in [3.63, 3.8) is 0 Å². The molecule has 2 N–H and O–H groups in total. The number of halogens is 1. The normalized spacial score (nSPS) is 12.8. The summed E-state index contributed by atoms with van der Waals surface area (Å²) >= 11 is 0. The third-order valence-corrected chi connectivity index (χ3v) is 4.53. The lowest BCUT2D eigenvalue weighted by Gasteiger charge is -2.17. The Morgan fingerprint density at radius 2 is 1.89 bits per heavy atom. The standard InChI is InChI=1S/C18H31N3O4S.HI/c1-5-19-18(21-15(2)10-13-26(4,22)23)20-14-16-6-8-17(9-7-16)25-12-11-24-3;/h6-9,15H,5,10-14H2,1-4H3,(H2,19,20,21);1H. The number of guanidine groups is 1. The first-order valence-electron chi connectivity index (χ1n) is 8.77. The van der Waals surface area contributed by atoms with Gasteiger partial charge in [-0.05, 0) is 38.0 Å². The molecule has 0 heterocycles. The molecule has 27 heavy (non-hydrogen) atoms. The summed E-state index contributed by atoms with van der Waals surface area (Å²) in [4.78, 5) is 4.56. The Morgan fingerprint density at radius 1 is 1.22 bits per heavy atom. The van der Waals surface area contributed by atoms with Crippen LogP contribution in [0.15, 0.2) is 29.3 Å². The Hall–Kier alpha value is -1.07. The van der Waals surface area contributed by atoms with Crippen molar-refractivity contribution < 1.29 is 17.9 Å². The van der Waals surface area contributed by atoms with Gasteiger partial charge in [-0.2, -0.15) is 0 Å². The van der Waals surface area contributed by atoms with Crippen LogP contribution < -0.4 is 15.4 Å². The molecule has 0 bridgehead atoms. The van der Waals surface area contributed by atoms with Crippen LogP contribution in [-0.2, 0) is 21.1 Å². The third kappa shape index (κ3) is 12.9. The summed E-state index contributed by atoms with van der Waals surface area (Å²) in [5, 5.41) is 6.42. The summed E-state index contributed by atoms with van der Waals surface area (Å²) in [6.45, 7) is 6.27. The van der Waals surface area contributed by atoms with Gasteiger partial charge in [0, 0.05) is 26.0 Å². The van der Waals surface area contributed by atoms with Crippen molar-refractivity contribution in [1.29, 1.82) is 0 Å². The Bertz CT molecular complexity index is 651. The molecule has 1 rings (SSSR count). The van der Waals surface area contributed by atoms with E-state index in [9.17, 15) is 8.42 Å². The van der Waals surface area contributed by atoms with E-state index in [1.165, 1.54) is 6.26 Å². The van der Waals surface area contributed by atoms with Gasteiger partial charge in [-0.1, -0.05) is 12.1 Å². The molecule has 0 saturated carbocycles. The van der Waals surface area contributed by atoms with Crippen molar-refractivity contribution in [3.05, 3.63) is 29.8 Å². The van der Waals surface area contributed by atoms with Gasteiger partial charge in [-0.25, -0.2) is 13.4 Å². The van der Waals surface area contributed by atoms with Crippen molar-refractivity contribution in [2.75, 3.05) is 38.9 Å². The fourth-order valence-electron chi connectivity index (χ4n) is 2.12. The second-order valence-electron chi connectivity index (χ2n) is 6.14. The summed E-state index contributed by atoms with van der Waals surface area (Å²) in [6, 6.07) is 7.79.